The molecule has 1 aromatic rings. The molecule has 0 aliphatic heterocycles. The standard InChI is InChI=1S/C13H19N3O5S/c1-4-14-13(17)9-15(5-2)22(20,21)11-7-6-10(3)12(8-11)16(18)19/h6-8H,4-5,9H2,1-3H3,(H,14,17). The molecule has 0 aromatic heterocycles. The molecule has 9 heteroatoms. The van der Waals surface area contributed by atoms with Crippen molar-refractivity contribution < 1.29 is 18.1 Å². The van der Waals surface area contributed by atoms with E-state index in [1.54, 1.807) is 13.8 Å². The van der Waals surface area contributed by atoms with Crippen LogP contribution in [0, 0.1) is 17.0 Å². The minimum atomic E-state index is -3.97. The van der Waals surface area contributed by atoms with E-state index in [0.29, 0.717) is 12.1 Å². The number of sulfonamides is 1. The average molecular weight is 329 g/mol. The summed E-state index contributed by atoms with van der Waals surface area (Å²) in [5, 5.41) is 13.5. The first-order valence-electron chi connectivity index (χ1n) is 6.75. The molecule has 0 aliphatic rings. The average Bonchev–Trinajstić information content (AvgIpc) is 2.44. The number of carbonyl (C=O) groups excluding carboxylic acids is 1. The zero-order valence-electron chi connectivity index (χ0n) is 12.7. The van der Waals surface area contributed by atoms with Crippen molar-refractivity contribution in [2.24, 2.45) is 0 Å². The van der Waals surface area contributed by atoms with E-state index in [9.17, 15) is 23.3 Å². The first-order valence-corrected chi connectivity index (χ1v) is 8.19. The Labute approximate surface area is 129 Å². The highest BCUT2D eigenvalue weighted by atomic mass is 32.2. The van der Waals surface area contributed by atoms with Crippen molar-refractivity contribution in [1.29, 1.82) is 0 Å². The topological polar surface area (TPSA) is 110 Å². The molecule has 0 aliphatic carbocycles. The summed E-state index contributed by atoms with van der Waals surface area (Å²) >= 11 is 0. The molecule has 0 saturated heterocycles. The fourth-order valence-electron chi connectivity index (χ4n) is 1.88. The number of nitrogens with zero attached hydrogens (tertiary/aromatic N) is 2. The summed E-state index contributed by atoms with van der Waals surface area (Å²) in [5.41, 5.74) is 0.103. The maximum atomic E-state index is 12.5. The van der Waals surface area contributed by atoms with Gasteiger partial charge in [0, 0.05) is 24.7 Å². The predicted molar refractivity (Wildman–Crippen MR) is 80.9 cm³/mol. The number of amides is 1. The van der Waals surface area contributed by atoms with Gasteiger partial charge >= 0.3 is 0 Å². The molecule has 1 aromatic carbocycles. The molecule has 1 N–H and O–H groups in total. The number of hydrogen-bond acceptors (Lipinski definition) is 5. The molecule has 0 radical (unpaired) electrons. The van der Waals surface area contributed by atoms with Crippen LogP contribution < -0.4 is 5.32 Å². The smallest absolute Gasteiger partial charge is 0.273 e. The van der Waals surface area contributed by atoms with Crippen LogP contribution in [0.2, 0.25) is 0 Å². The summed E-state index contributed by atoms with van der Waals surface area (Å²) in [7, 11) is -3.97. The van der Waals surface area contributed by atoms with E-state index in [2.05, 4.69) is 5.32 Å². The summed E-state index contributed by atoms with van der Waals surface area (Å²) in [6.07, 6.45) is 0. The molecule has 0 spiro atoms. The molecule has 0 bridgehead atoms. The summed E-state index contributed by atoms with van der Waals surface area (Å²) in [4.78, 5) is 21.7. The number of rotatable bonds is 7. The van der Waals surface area contributed by atoms with Gasteiger partial charge in [0.05, 0.1) is 16.4 Å². The first kappa shape index (κ1) is 18.1. The summed E-state index contributed by atoms with van der Waals surface area (Å²) in [5.74, 6) is -0.422. The molecule has 0 heterocycles. The minimum absolute atomic E-state index is 0.0845. The lowest BCUT2D eigenvalue weighted by atomic mass is 10.2. The van der Waals surface area contributed by atoms with Crippen LogP contribution in [0.3, 0.4) is 0 Å². The molecule has 8 nitrogen and oxygen atoms in total. The van der Waals surface area contributed by atoms with Crippen LogP contribution in [0.4, 0.5) is 5.69 Å². The molecular weight excluding hydrogens is 310 g/mol. The zero-order valence-corrected chi connectivity index (χ0v) is 13.5. The van der Waals surface area contributed by atoms with E-state index < -0.39 is 20.9 Å². The number of carbonyl (C=O) groups is 1. The fraction of sp³-hybridized carbons (Fsp3) is 0.462. The number of nitro benzene ring substituents is 1. The molecule has 0 unspecified atom stereocenters. The number of aryl methyl sites for hydroxylation is 1. The Kier molecular flexibility index (Phi) is 6.01. The summed E-state index contributed by atoms with van der Waals surface area (Å²) < 4.78 is 26.0. The van der Waals surface area contributed by atoms with Crippen molar-refractivity contribution >= 4 is 21.6 Å². The van der Waals surface area contributed by atoms with Crippen LogP contribution in [-0.2, 0) is 14.8 Å². The maximum absolute atomic E-state index is 12.5. The number of benzene rings is 1. The number of nitrogens with one attached hydrogen (secondary N) is 1. The largest absolute Gasteiger partial charge is 0.355 e. The Morgan fingerprint density at radius 3 is 2.50 bits per heavy atom. The van der Waals surface area contributed by atoms with Gasteiger partial charge in [-0.25, -0.2) is 8.42 Å². The molecule has 0 saturated carbocycles. The van der Waals surface area contributed by atoms with E-state index >= 15 is 0 Å². The van der Waals surface area contributed by atoms with Crippen LogP contribution in [-0.4, -0.2) is 43.2 Å². The third-order valence-corrected chi connectivity index (χ3v) is 4.98. The lowest BCUT2D eigenvalue weighted by Crippen LogP contribution is -2.40. The van der Waals surface area contributed by atoms with Gasteiger partial charge in [0.2, 0.25) is 15.9 Å². The Balaban J connectivity index is 3.18. The molecule has 1 rings (SSSR count). The van der Waals surface area contributed by atoms with Crippen LogP contribution >= 0.6 is 0 Å². The number of nitro groups is 1. The maximum Gasteiger partial charge on any atom is 0.273 e. The van der Waals surface area contributed by atoms with Gasteiger partial charge in [-0.1, -0.05) is 13.0 Å². The van der Waals surface area contributed by atoms with Crippen LogP contribution in [0.15, 0.2) is 23.1 Å². The Morgan fingerprint density at radius 2 is 2.00 bits per heavy atom. The van der Waals surface area contributed by atoms with Gasteiger partial charge in [-0.05, 0) is 19.9 Å². The van der Waals surface area contributed by atoms with Crippen molar-refractivity contribution in [3.63, 3.8) is 0 Å². The zero-order chi connectivity index (χ0) is 16.9. The van der Waals surface area contributed by atoms with E-state index in [-0.39, 0.29) is 23.7 Å². The minimum Gasteiger partial charge on any atom is -0.355 e. The van der Waals surface area contributed by atoms with E-state index in [4.69, 9.17) is 0 Å². The Hall–Kier alpha value is -2.00. The fourth-order valence-corrected chi connectivity index (χ4v) is 3.30. The highest BCUT2D eigenvalue weighted by molar-refractivity contribution is 7.89. The van der Waals surface area contributed by atoms with Gasteiger partial charge in [0.25, 0.3) is 5.69 Å². The molecule has 1 amide bonds. The van der Waals surface area contributed by atoms with Gasteiger partial charge in [0.1, 0.15) is 0 Å². The van der Waals surface area contributed by atoms with E-state index in [1.165, 1.54) is 19.1 Å². The van der Waals surface area contributed by atoms with Crippen molar-refractivity contribution in [2.45, 2.75) is 25.7 Å². The summed E-state index contributed by atoms with van der Waals surface area (Å²) in [6.45, 7) is 5.01. The monoisotopic (exact) mass is 329 g/mol. The molecule has 0 atom stereocenters. The van der Waals surface area contributed by atoms with Gasteiger partial charge < -0.3 is 5.32 Å². The quantitative estimate of drug-likeness (QED) is 0.594. The van der Waals surface area contributed by atoms with Crippen molar-refractivity contribution in [3.05, 3.63) is 33.9 Å². The second-order valence-electron chi connectivity index (χ2n) is 4.59. The predicted octanol–water partition coefficient (Wildman–Crippen LogP) is 1.05. The summed E-state index contributed by atoms with van der Waals surface area (Å²) in [6, 6.07) is 3.70. The molecule has 122 valence electrons. The Morgan fingerprint density at radius 1 is 1.36 bits per heavy atom. The van der Waals surface area contributed by atoms with Gasteiger partial charge in [0.15, 0.2) is 0 Å². The first-order chi connectivity index (χ1) is 10.2. The second-order valence-corrected chi connectivity index (χ2v) is 6.53. The van der Waals surface area contributed by atoms with Gasteiger partial charge in [-0.2, -0.15) is 4.31 Å². The van der Waals surface area contributed by atoms with Crippen molar-refractivity contribution in [1.82, 2.24) is 9.62 Å². The lowest BCUT2D eigenvalue weighted by Gasteiger charge is -2.20. The molecular formula is C13H19N3O5S. The van der Waals surface area contributed by atoms with Gasteiger partial charge in [-0.3, -0.25) is 14.9 Å². The van der Waals surface area contributed by atoms with Gasteiger partial charge in [-0.15, -0.1) is 0 Å². The number of hydrogen-bond donors (Lipinski definition) is 1. The SMILES string of the molecule is CCNC(=O)CN(CC)S(=O)(=O)c1ccc(C)c([N+](=O)[O-])c1. The third kappa shape index (κ3) is 4.01. The lowest BCUT2D eigenvalue weighted by molar-refractivity contribution is -0.385. The molecule has 0 fully saturated rings. The van der Waals surface area contributed by atoms with E-state index in [0.717, 1.165) is 10.4 Å². The van der Waals surface area contributed by atoms with Crippen LogP contribution in [0.1, 0.15) is 19.4 Å². The van der Waals surface area contributed by atoms with Crippen molar-refractivity contribution in [3.8, 4) is 0 Å². The van der Waals surface area contributed by atoms with Crippen LogP contribution in [0.25, 0.3) is 0 Å². The third-order valence-electron chi connectivity index (χ3n) is 3.06. The highest BCUT2D eigenvalue weighted by Crippen LogP contribution is 2.24. The van der Waals surface area contributed by atoms with Crippen molar-refractivity contribution in [2.75, 3.05) is 19.6 Å². The Bertz CT molecular complexity index is 672. The second kappa shape index (κ2) is 7.32. The normalized spacial score (nSPS) is 11.5. The van der Waals surface area contributed by atoms with Crippen LogP contribution in [0.5, 0.6) is 0 Å². The number of likely N-dealkylation sites (N-methyl/N-ethyl adjacent to an activating group) is 2. The molecule has 22 heavy (non-hydrogen) atoms. The highest BCUT2D eigenvalue weighted by Gasteiger charge is 2.27. The van der Waals surface area contributed by atoms with E-state index in [1.807, 2.05) is 0 Å².